The summed E-state index contributed by atoms with van der Waals surface area (Å²) >= 11 is 0. The van der Waals surface area contributed by atoms with Crippen LogP contribution in [-0.4, -0.2) is 30.9 Å². The molecule has 2 rings (SSSR count). The molecule has 1 aliphatic heterocycles. The molecule has 3 unspecified atom stereocenters. The van der Waals surface area contributed by atoms with E-state index >= 15 is 0 Å². The highest BCUT2D eigenvalue weighted by molar-refractivity contribution is 5.85. The second-order valence-electron chi connectivity index (χ2n) is 7.53. The van der Waals surface area contributed by atoms with Gasteiger partial charge in [-0.25, -0.2) is 0 Å². The molecule has 24 heavy (non-hydrogen) atoms. The lowest BCUT2D eigenvalue weighted by atomic mass is 9.82. The van der Waals surface area contributed by atoms with E-state index in [1.165, 1.54) is 32.1 Å². The third kappa shape index (κ3) is 6.98. The lowest BCUT2D eigenvalue weighted by Crippen LogP contribution is -2.44. The van der Waals surface area contributed by atoms with Gasteiger partial charge in [-0.2, -0.15) is 0 Å². The van der Waals surface area contributed by atoms with Crippen molar-refractivity contribution in [2.75, 3.05) is 13.1 Å². The maximum Gasteiger partial charge on any atom is 0.220 e. The summed E-state index contributed by atoms with van der Waals surface area (Å²) in [7, 11) is 0. The summed E-state index contributed by atoms with van der Waals surface area (Å²) in [5, 5.41) is 6.54. The molecule has 5 nitrogen and oxygen atoms in total. The van der Waals surface area contributed by atoms with Crippen LogP contribution in [0, 0.1) is 17.8 Å². The molecule has 0 aromatic heterocycles. The summed E-state index contributed by atoms with van der Waals surface area (Å²) in [5.41, 5.74) is 5.40. The number of carbonyl (C=O) groups is 2. The first kappa shape index (κ1) is 21.2. The first-order valence-corrected chi connectivity index (χ1v) is 9.34. The number of primary amides is 1. The van der Waals surface area contributed by atoms with Gasteiger partial charge in [-0.3, -0.25) is 9.59 Å². The molecule has 1 saturated carbocycles. The van der Waals surface area contributed by atoms with Gasteiger partial charge in [0.2, 0.25) is 11.8 Å². The Balaban J connectivity index is 0.00000288. The highest BCUT2D eigenvalue weighted by Crippen LogP contribution is 2.28. The van der Waals surface area contributed by atoms with Gasteiger partial charge in [0.15, 0.2) is 0 Å². The van der Waals surface area contributed by atoms with Crippen molar-refractivity contribution in [3.8, 4) is 0 Å². The van der Waals surface area contributed by atoms with E-state index in [-0.39, 0.29) is 36.7 Å². The Morgan fingerprint density at radius 2 is 1.75 bits per heavy atom. The lowest BCUT2D eigenvalue weighted by molar-refractivity contribution is -0.124. The third-order valence-electron chi connectivity index (χ3n) is 5.63. The molecule has 6 heteroatoms. The molecular formula is C18H34ClN3O2. The Labute approximate surface area is 152 Å². The van der Waals surface area contributed by atoms with Crippen molar-refractivity contribution in [3.05, 3.63) is 0 Å². The minimum atomic E-state index is -0.314. The van der Waals surface area contributed by atoms with Gasteiger partial charge < -0.3 is 16.4 Å². The minimum Gasteiger partial charge on any atom is -0.370 e. The molecular weight excluding hydrogens is 326 g/mol. The van der Waals surface area contributed by atoms with E-state index in [0.29, 0.717) is 24.2 Å². The Bertz CT molecular complexity index is 394. The summed E-state index contributed by atoms with van der Waals surface area (Å²) in [4.78, 5) is 23.8. The van der Waals surface area contributed by atoms with Crippen molar-refractivity contribution in [2.45, 2.75) is 70.8 Å². The van der Waals surface area contributed by atoms with Gasteiger partial charge in [0.25, 0.3) is 0 Å². The monoisotopic (exact) mass is 359 g/mol. The first-order valence-electron chi connectivity index (χ1n) is 9.34. The van der Waals surface area contributed by atoms with Gasteiger partial charge in [-0.05, 0) is 56.5 Å². The van der Waals surface area contributed by atoms with Gasteiger partial charge in [0.1, 0.15) is 0 Å². The largest absolute Gasteiger partial charge is 0.370 e. The number of halogens is 1. The number of carbonyl (C=O) groups excluding carboxylic acids is 2. The first-order chi connectivity index (χ1) is 11.1. The quantitative estimate of drug-likeness (QED) is 0.652. The van der Waals surface area contributed by atoms with Crippen molar-refractivity contribution in [1.82, 2.24) is 10.6 Å². The van der Waals surface area contributed by atoms with Crippen LogP contribution in [0.5, 0.6) is 0 Å². The van der Waals surface area contributed by atoms with E-state index in [9.17, 15) is 9.59 Å². The molecule has 0 spiro atoms. The average molecular weight is 360 g/mol. The zero-order chi connectivity index (χ0) is 16.7. The Morgan fingerprint density at radius 1 is 1.08 bits per heavy atom. The predicted molar refractivity (Wildman–Crippen MR) is 98.9 cm³/mol. The van der Waals surface area contributed by atoms with Crippen molar-refractivity contribution < 1.29 is 9.59 Å². The van der Waals surface area contributed by atoms with Crippen LogP contribution in [0.4, 0.5) is 0 Å². The summed E-state index contributed by atoms with van der Waals surface area (Å²) in [6, 6.07) is -0.0722. The van der Waals surface area contributed by atoms with E-state index in [2.05, 4.69) is 17.6 Å². The fourth-order valence-corrected chi connectivity index (χ4v) is 4.18. The van der Waals surface area contributed by atoms with E-state index in [4.69, 9.17) is 5.73 Å². The molecule has 0 aromatic carbocycles. The van der Waals surface area contributed by atoms with Crippen molar-refractivity contribution in [2.24, 2.45) is 23.5 Å². The lowest BCUT2D eigenvalue weighted by Gasteiger charge is -2.32. The predicted octanol–water partition coefficient (Wildman–Crippen LogP) is 2.37. The molecule has 2 fully saturated rings. The van der Waals surface area contributed by atoms with Crippen LogP contribution >= 0.6 is 12.4 Å². The molecule has 0 aromatic rings. The zero-order valence-corrected chi connectivity index (χ0v) is 15.7. The fourth-order valence-electron chi connectivity index (χ4n) is 4.18. The summed E-state index contributed by atoms with van der Waals surface area (Å²) in [6.07, 6.45) is 9.07. The summed E-state index contributed by atoms with van der Waals surface area (Å²) in [6.45, 7) is 4.28. The molecule has 3 atom stereocenters. The second-order valence-corrected chi connectivity index (χ2v) is 7.53. The smallest absolute Gasteiger partial charge is 0.220 e. The van der Waals surface area contributed by atoms with Gasteiger partial charge in [-0.15, -0.1) is 12.4 Å². The molecule has 1 heterocycles. The number of hydrogen-bond donors (Lipinski definition) is 3. The molecule has 1 saturated heterocycles. The van der Waals surface area contributed by atoms with Gasteiger partial charge in [0, 0.05) is 18.9 Å². The topological polar surface area (TPSA) is 84.2 Å². The van der Waals surface area contributed by atoms with E-state index in [1.54, 1.807) is 0 Å². The Morgan fingerprint density at radius 3 is 2.33 bits per heavy atom. The molecule has 4 N–H and O–H groups in total. The maximum atomic E-state index is 12.4. The standard InChI is InChI=1S/C18H33N3O2.ClH/c1-13(15-8-5-9-20-12-15)10-18(23)21-16(11-17(19)22)14-6-3-2-4-7-14;/h13-16,20H,2-12H2,1H3,(H2,19,22)(H,21,23);1H. The van der Waals surface area contributed by atoms with Crippen LogP contribution in [0.3, 0.4) is 0 Å². The van der Waals surface area contributed by atoms with Crippen LogP contribution in [0.25, 0.3) is 0 Å². The van der Waals surface area contributed by atoms with Crippen LogP contribution in [-0.2, 0) is 9.59 Å². The van der Waals surface area contributed by atoms with Crippen molar-refractivity contribution in [3.63, 3.8) is 0 Å². The highest BCUT2D eigenvalue weighted by atomic mass is 35.5. The van der Waals surface area contributed by atoms with E-state index in [1.807, 2.05) is 0 Å². The normalized spacial score (nSPS) is 24.5. The zero-order valence-electron chi connectivity index (χ0n) is 14.9. The summed E-state index contributed by atoms with van der Waals surface area (Å²) < 4.78 is 0. The highest BCUT2D eigenvalue weighted by Gasteiger charge is 2.28. The summed E-state index contributed by atoms with van der Waals surface area (Å²) in [5.74, 6) is 1.14. The molecule has 2 aliphatic rings. The fraction of sp³-hybridized carbons (Fsp3) is 0.889. The van der Waals surface area contributed by atoms with Crippen molar-refractivity contribution in [1.29, 1.82) is 0 Å². The SMILES string of the molecule is CC(CC(=O)NC(CC(N)=O)C1CCCCC1)C1CCCNC1.Cl. The molecule has 1 aliphatic carbocycles. The van der Waals surface area contributed by atoms with Gasteiger partial charge >= 0.3 is 0 Å². The average Bonchev–Trinajstić information content (AvgIpc) is 2.55. The Hall–Kier alpha value is -0.810. The Kier molecular flexibility index (Phi) is 9.67. The van der Waals surface area contributed by atoms with E-state index < -0.39 is 0 Å². The van der Waals surface area contributed by atoms with Crippen molar-refractivity contribution >= 4 is 24.2 Å². The molecule has 0 radical (unpaired) electrons. The maximum absolute atomic E-state index is 12.4. The number of amides is 2. The van der Waals surface area contributed by atoms with Crippen LogP contribution in [0.1, 0.15) is 64.7 Å². The van der Waals surface area contributed by atoms with Crippen LogP contribution < -0.4 is 16.4 Å². The van der Waals surface area contributed by atoms with E-state index in [0.717, 1.165) is 25.9 Å². The number of nitrogens with one attached hydrogen (secondary N) is 2. The number of hydrogen-bond acceptors (Lipinski definition) is 3. The second kappa shape index (κ2) is 10.9. The third-order valence-corrected chi connectivity index (χ3v) is 5.63. The van der Waals surface area contributed by atoms with Gasteiger partial charge in [-0.1, -0.05) is 26.2 Å². The number of nitrogens with two attached hydrogens (primary N) is 1. The number of piperidine rings is 1. The molecule has 140 valence electrons. The van der Waals surface area contributed by atoms with Crippen LogP contribution in [0.15, 0.2) is 0 Å². The van der Waals surface area contributed by atoms with Gasteiger partial charge in [0.05, 0.1) is 0 Å². The minimum absolute atomic E-state index is 0. The molecule has 0 bridgehead atoms. The number of rotatable bonds is 7. The van der Waals surface area contributed by atoms with Crippen LogP contribution in [0.2, 0.25) is 0 Å². The molecule has 2 amide bonds.